The lowest BCUT2D eigenvalue weighted by atomic mass is 10.3. The number of oxazole rings is 1. The van der Waals surface area contributed by atoms with Crippen LogP contribution in [-0.4, -0.2) is 25.0 Å². The maximum absolute atomic E-state index is 11.7. The van der Waals surface area contributed by atoms with Crippen molar-refractivity contribution in [3.05, 3.63) is 24.1 Å². The van der Waals surface area contributed by atoms with Crippen molar-refractivity contribution in [1.82, 2.24) is 4.98 Å². The molecule has 0 saturated carbocycles. The van der Waals surface area contributed by atoms with Gasteiger partial charge in [-0.05, 0) is 24.6 Å². The second kappa shape index (κ2) is 5.79. The van der Waals surface area contributed by atoms with Gasteiger partial charge < -0.3 is 4.42 Å². The van der Waals surface area contributed by atoms with E-state index in [9.17, 15) is 8.42 Å². The summed E-state index contributed by atoms with van der Waals surface area (Å²) in [7, 11) is -3.36. The number of hydrogen-bond donors (Lipinski definition) is 1. The molecule has 0 aliphatic rings. The van der Waals surface area contributed by atoms with E-state index in [1.165, 1.54) is 0 Å². The van der Waals surface area contributed by atoms with Crippen LogP contribution < -0.4 is 4.72 Å². The molecule has 0 aliphatic carbocycles. The van der Waals surface area contributed by atoms with Crippen molar-refractivity contribution < 1.29 is 12.8 Å². The Hall–Kier alpha value is -1.27. The first kappa shape index (κ1) is 14.1. The molecule has 104 valence electrons. The highest BCUT2D eigenvalue weighted by Gasteiger charge is 2.11. The summed E-state index contributed by atoms with van der Waals surface area (Å²) >= 11 is 5.49. The fourth-order valence-corrected chi connectivity index (χ4v) is 3.07. The molecule has 0 fully saturated rings. The second-order valence-corrected chi connectivity index (χ2v) is 6.33. The first-order valence-corrected chi connectivity index (χ1v) is 8.18. The number of aryl methyl sites for hydroxylation is 1. The van der Waals surface area contributed by atoms with Gasteiger partial charge >= 0.3 is 0 Å². The molecule has 7 heteroatoms. The molecule has 1 aromatic heterocycles. The zero-order valence-corrected chi connectivity index (χ0v) is 12.1. The lowest BCUT2D eigenvalue weighted by Crippen LogP contribution is -2.16. The van der Waals surface area contributed by atoms with Gasteiger partial charge in [-0.25, -0.2) is 13.4 Å². The molecular weight excluding hydrogens is 288 g/mol. The molecule has 1 heterocycles. The van der Waals surface area contributed by atoms with Crippen LogP contribution in [0.2, 0.25) is 0 Å². The summed E-state index contributed by atoms with van der Waals surface area (Å²) in [5.41, 5.74) is 1.79. The van der Waals surface area contributed by atoms with E-state index in [2.05, 4.69) is 9.71 Å². The zero-order valence-electron chi connectivity index (χ0n) is 10.5. The fraction of sp³-hybridized carbons (Fsp3) is 0.417. The minimum Gasteiger partial charge on any atom is -0.441 e. The van der Waals surface area contributed by atoms with Gasteiger partial charge in [0.25, 0.3) is 0 Å². The van der Waals surface area contributed by atoms with Gasteiger partial charge in [0.15, 0.2) is 11.5 Å². The number of anilines is 1. The van der Waals surface area contributed by atoms with E-state index >= 15 is 0 Å². The Bertz CT molecular complexity index is 667. The van der Waals surface area contributed by atoms with Gasteiger partial charge in [0.1, 0.15) is 5.52 Å². The van der Waals surface area contributed by atoms with E-state index in [4.69, 9.17) is 16.0 Å². The van der Waals surface area contributed by atoms with E-state index in [1.54, 1.807) is 18.2 Å². The van der Waals surface area contributed by atoms with Crippen molar-refractivity contribution in [1.29, 1.82) is 0 Å². The van der Waals surface area contributed by atoms with Gasteiger partial charge in [-0.3, -0.25) is 4.72 Å². The van der Waals surface area contributed by atoms with Gasteiger partial charge in [-0.1, -0.05) is 6.92 Å². The smallest absolute Gasteiger partial charge is 0.232 e. The SMILES string of the molecule is CCc1nc2cc(NS(=O)(=O)CCCCl)ccc2o1. The minimum absolute atomic E-state index is 0.00750. The summed E-state index contributed by atoms with van der Waals surface area (Å²) in [4.78, 5) is 4.26. The molecule has 0 atom stereocenters. The number of alkyl halides is 1. The highest BCUT2D eigenvalue weighted by Crippen LogP contribution is 2.21. The predicted octanol–water partition coefficient (Wildman–Crippen LogP) is 2.76. The van der Waals surface area contributed by atoms with Crippen LogP contribution in [0.4, 0.5) is 5.69 Å². The number of rotatable bonds is 6. The number of nitrogens with zero attached hydrogens (tertiary/aromatic N) is 1. The molecule has 19 heavy (non-hydrogen) atoms. The average Bonchev–Trinajstić information content (AvgIpc) is 2.78. The number of hydrogen-bond acceptors (Lipinski definition) is 4. The third-order valence-electron chi connectivity index (χ3n) is 2.55. The van der Waals surface area contributed by atoms with Gasteiger partial charge in [0.05, 0.1) is 11.4 Å². The Labute approximate surface area is 117 Å². The summed E-state index contributed by atoms with van der Waals surface area (Å²) in [6.07, 6.45) is 1.12. The molecule has 0 bridgehead atoms. The Morgan fingerprint density at radius 3 is 2.89 bits per heavy atom. The molecule has 5 nitrogen and oxygen atoms in total. The molecule has 1 aromatic carbocycles. The van der Waals surface area contributed by atoms with Crippen molar-refractivity contribution in [2.75, 3.05) is 16.4 Å². The summed E-state index contributed by atoms with van der Waals surface area (Å²) in [6.45, 7) is 1.94. The van der Waals surface area contributed by atoms with Crippen molar-refractivity contribution in [2.45, 2.75) is 19.8 Å². The van der Waals surface area contributed by atoms with Crippen molar-refractivity contribution >= 4 is 38.4 Å². The number of sulfonamides is 1. The fourth-order valence-electron chi connectivity index (χ4n) is 1.67. The maximum Gasteiger partial charge on any atom is 0.232 e. The molecule has 2 aromatic rings. The largest absolute Gasteiger partial charge is 0.441 e. The van der Waals surface area contributed by atoms with Crippen LogP contribution in [0, 0.1) is 0 Å². The third kappa shape index (κ3) is 3.61. The van der Waals surface area contributed by atoms with Crippen LogP contribution in [0.5, 0.6) is 0 Å². The highest BCUT2D eigenvalue weighted by atomic mass is 35.5. The number of nitrogens with one attached hydrogen (secondary N) is 1. The Kier molecular flexibility index (Phi) is 4.31. The number of aromatic nitrogens is 1. The van der Waals surface area contributed by atoms with Gasteiger partial charge in [0.2, 0.25) is 10.0 Å². The molecule has 0 radical (unpaired) electrons. The van der Waals surface area contributed by atoms with Crippen molar-refractivity contribution in [3.8, 4) is 0 Å². The first-order valence-electron chi connectivity index (χ1n) is 6.00. The predicted molar refractivity (Wildman–Crippen MR) is 76.1 cm³/mol. The summed E-state index contributed by atoms with van der Waals surface area (Å²) in [5.74, 6) is 0.966. The monoisotopic (exact) mass is 302 g/mol. The Balaban J connectivity index is 2.21. The van der Waals surface area contributed by atoms with E-state index in [-0.39, 0.29) is 5.75 Å². The summed E-state index contributed by atoms with van der Waals surface area (Å²) < 4.78 is 31.5. The highest BCUT2D eigenvalue weighted by molar-refractivity contribution is 7.92. The van der Waals surface area contributed by atoms with E-state index in [0.29, 0.717) is 41.4 Å². The van der Waals surface area contributed by atoms with Crippen LogP contribution >= 0.6 is 11.6 Å². The van der Waals surface area contributed by atoms with Gasteiger partial charge in [-0.2, -0.15) is 0 Å². The topological polar surface area (TPSA) is 72.2 Å². The Morgan fingerprint density at radius 1 is 1.42 bits per heavy atom. The third-order valence-corrected chi connectivity index (χ3v) is 4.19. The minimum atomic E-state index is -3.36. The standard InChI is InChI=1S/C12H15ClN2O3S/c1-2-12-14-10-8-9(4-5-11(10)18-12)15-19(16,17)7-3-6-13/h4-5,8,15H,2-3,6-7H2,1H3. The van der Waals surface area contributed by atoms with Crippen molar-refractivity contribution in [3.63, 3.8) is 0 Å². The lowest BCUT2D eigenvalue weighted by molar-refractivity contribution is 0.538. The zero-order chi connectivity index (χ0) is 13.9. The van der Waals surface area contributed by atoms with Crippen LogP contribution in [0.3, 0.4) is 0 Å². The second-order valence-electron chi connectivity index (χ2n) is 4.11. The average molecular weight is 303 g/mol. The molecule has 0 saturated heterocycles. The van der Waals surface area contributed by atoms with Crippen LogP contribution in [0.25, 0.3) is 11.1 Å². The van der Waals surface area contributed by atoms with Crippen molar-refractivity contribution in [2.24, 2.45) is 0 Å². The molecule has 2 rings (SSSR count). The lowest BCUT2D eigenvalue weighted by Gasteiger charge is -2.06. The summed E-state index contributed by atoms with van der Waals surface area (Å²) in [5, 5.41) is 0. The molecule has 0 aliphatic heterocycles. The quantitative estimate of drug-likeness (QED) is 0.833. The van der Waals surface area contributed by atoms with Gasteiger partial charge in [-0.15, -0.1) is 11.6 Å². The first-order chi connectivity index (χ1) is 9.04. The van der Waals surface area contributed by atoms with E-state index in [0.717, 1.165) is 0 Å². The van der Waals surface area contributed by atoms with Crippen LogP contribution in [-0.2, 0) is 16.4 Å². The Morgan fingerprint density at radius 2 is 2.21 bits per heavy atom. The van der Waals surface area contributed by atoms with Crippen LogP contribution in [0.1, 0.15) is 19.2 Å². The number of fused-ring (bicyclic) bond motifs is 1. The maximum atomic E-state index is 11.7. The van der Waals surface area contributed by atoms with Crippen LogP contribution in [0.15, 0.2) is 22.6 Å². The molecule has 0 unspecified atom stereocenters. The number of halogens is 1. The molecule has 0 amide bonds. The summed E-state index contributed by atoms with van der Waals surface area (Å²) in [6, 6.07) is 5.03. The van der Waals surface area contributed by atoms with E-state index in [1.807, 2.05) is 6.92 Å². The molecule has 1 N–H and O–H groups in total. The van der Waals surface area contributed by atoms with E-state index < -0.39 is 10.0 Å². The number of benzene rings is 1. The normalized spacial score (nSPS) is 11.9. The van der Waals surface area contributed by atoms with Gasteiger partial charge in [0, 0.05) is 12.3 Å². The molecule has 0 spiro atoms. The molecular formula is C12H15ClN2O3S.